The zero-order valence-corrected chi connectivity index (χ0v) is 34.5. The van der Waals surface area contributed by atoms with Gasteiger partial charge in [0.15, 0.2) is 0 Å². The number of ether oxygens (including phenoxy) is 2. The summed E-state index contributed by atoms with van der Waals surface area (Å²) in [5.41, 5.74) is 7.15. The molecule has 0 radical (unpaired) electrons. The van der Waals surface area contributed by atoms with E-state index < -0.39 is 0 Å². The third-order valence-corrected chi connectivity index (χ3v) is 10.0. The lowest BCUT2D eigenvalue weighted by atomic mass is 10.1. The number of anilines is 1. The molecule has 14 heteroatoms. The van der Waals surface area contributed by atoms with E-state index in [-0.39, 0.29) is 18.4 Å². The standard InChI is InChI=1S/C23H22N6O.C23H24N4O3/c1-29(2)14-13-26-23(30)17-6-4-8-19-22(17)28-21-16-5-3-7-18(25-12-11-24)15(16)9-10-20(21)27-19;1-27(2)13-12-24-23(28)20-19(30-4)11-10-17-22(20)26-21-15-6-5-7-18(29-3)14(15)8-9-16(21)25-17/h3-10,25H,12-14H2,1-2H3,(H,26,30);5-11H,12-13H2,1-4H3,(H,24,28). The van der Waals surface area contributed by atoms with Crippen molar-refractivity contribution in [3.63, 3.8) is 0 Å². The number of aromatic nitrogens is 4. The molecule has 0 fully saturated rings. The summed E-state index contributed by atoms with van der Waals surface area (Å²) >= 11 is 0. The van der Waals surface area contributed by atoms with E-state index in [4.69, 9.17) is 34.7 Å². The summed E-state index contributed by atoms with van der Waals surface area (Å²) in [7, 11) is 11.0. The van der Waals surface area contributed by atoms with Gasteiger partial charge in [0.2, 0.25) is 0 Å². The molecule has 0 aliphatic heterocycles. The highest BCUT2D eigenvalue weighted by atomic mass is 16.5. The van der Waals surface area contributed by atoms with Gasteiger partial charge in [-0.3, -0.25) is 9.59 Å². The Morgan fingerprint density at radius 2 is 1.13 bits per heavy atom. The highest BCUT2D eigenvalue weighted by molar-refractivity contribution is 6.13. The Hall–Kier alpha value is -7.21. The number of fused-ring (bicyclic) bond motifs is 8. The number of nitrogens with zero attached hydrogens (tertiary/aromatic N) is 7. The van der Waals surface area contributed by atoms with E-state index >= 15 is 0 Å². The molecule has 0 unspecified atom stereocenters. The minimum Gasteiger partial charge on any atom is -0.496 e. The quantitative estimate of drug-likeness (QED) is 0.0706. The van der Waals surface area contributed by atoms with Crippen molar-refractivity contribution in [3.8, 4) is 17.6 Å². The van der Waals surface area contributed by atoms with Crippen LogP contribution in [0.15, 0.2) is 91.0 Å². The van der Waals surface area contributed by atoms with Crippen molar-refractivity contribution < 1.29 is 19.1 Å². The van der Waals surface area contributed by atoms with Gasteiger partial charge in [-0.2, -0.15) is 5.26 Å². The molecule has 2 amide bonds. The molecule has 0 bridgehead atoms. The second-order valence-corrected chi connectivity index (χ2v) is 14.6. The number of rotatable bonds is 12. The molecule has 8 rings (SSSR count). The van der Waals surface area contributed by atoms with Crippen LogP contribution in [-0.2, 0) is 0 Å². The molecule has 0 atom stereocenters. The molecule has 2 heterocycles. The average Bonchev–Trinajstić information content (AvgIpc) is 3.25. The van der Waals surface area contributed by atoms with Crippen LogP contribution in [0.25, 0.3) is 65.7 Å². The van der Waals surface area contributed by atoms with Gasteiger partial charge in [-0.15, -0.1) is 0 Å². The van der Waals surface area contributed by atoms with Crippen LogP contribution in [0.5, 0.6) is 11.5 Å². The molecule has 0 aliphatic rings. The number of methoxy groups -OCH3 is 2. The van der Waals surface area contributed by atoms with E-state index in [1.807, 2.05) is 117 Å². The number of nitriles is 1. The van der Waals surface area contributed by atoms with Gasteiger partial charge in [-0.05, 0) is 88.9 Å². The molecule has 14 nitrogen and oxygen atoms in total. The zero-order chi connectivity index (χ0) is 42.3. The number of para-hydroxylation sites is 1. The van der Waals surface area contributed by atoms with Gasteiger partial charge in [0.05, 0.1) is 59.0 Å². The number of carbonyl (C=O) groups is 2. The lowest BCUT2D eigenvalue weighted by molar-refractivity contribution is 0.0942. The van der Waals surface area contributed by atoms with Gasteiger partial charge in [-0.1, -0.05) is 30.3 Å². The highest BCUT2D eigenvalue weighted by Crippen LogP contribution is 2.34. The van der Waals surface area contributed by atoms with E-state index in [1.54, 1.807) is 26.4 Å². The monoisotopic (exact) mass is 802 g/mol. The second-order valence-electron chi connectivity index (χ2n) is 14.6. The van der Waals surface area contributed by atoms with Crippen molar-refractivity contribution in [2.45, 2.75) is 0 Å². The molecule has 0 saturated carbocycles. The third-order valence-electron chi connectivity index (χ3n) is 10.0. The van der Waals surface area contributed by atoms with Crippen molar-refractivity contribution in [2.75, 3.05) is 80.5 Å². The Labute approximate surface area is 347 Å². The third kappa shape index (κ3) is 8.49. The summed E-state index contributed by atoms with van der Waals surface area (Å²) in [5.74, 6) is 0.846. The van der Waals surface area contributed by atoms with Crippen molar-refractivity contribution in [1.29, 1.82) is 5.26 Å². The van der Waals surface area contributed by atoms with Gasteiger partial charge >= 0.3 is 0 Å². The summed E-state index contributed by atoms with van der Waals surface area (Å²) in [6.45, 7) is 2.79. The summed E-state index contributed by atoms with van der Waals surface area (Å²) in [5, 5.41) is 21.7. The molecule has 6 aromatic carbocycles. The Bertz CT molecular complexity index is 2950. The summed E-state index contributed by atoms with van der Waals surface area (Å²) < 4.78 is 11.0. The number of nitrogens with one attached hydrogen (secondary N) is 3. The molecule has 3 N–H and O–H groups in total. The Morgan fingerprint density at radius 1 is 0.583 bits per heavy atom. The molecule has 2 aromatic heterocycles. The van der Waals surface area contributed by atoms with Gasteiger partial charge < -0.3 is 35.2 Å². The predicted molar refractivity (Wildman–Crippen MR) is 238 cm³/mol. The van der Waals surface area contributed by atoms with Crippen LogP contribution in [0, 0.1) is 11.3 Å². The van der Waals surface area contributed by atoms with E-state index in [0.29, 0.717) is 52.0 Å². The minimum absolute atomic E-state index is 0.160. The van der Waals surface area contributed by atoms with Crippen LogP contribution in [0.1, 0.15) is 20.7 Å². The van der Waals surface area contributed by atoms with E-state index in [0.717, 1.165) is 68.1 Å². The first-order valence-corrected chi connectivity index (χ1v) is 19.4. The van der Waals surface area contributed by atoms with Crippen LogP contribution in [-0.4, -0.2) is 117 Å². The molecule has 0 saturated heterocycles. The number of hydrogen-bond donors (Lipinski definition) is 3. The average molecular weight is 803 g/mol. The Morgan fingerprint density at radius 3 is 1.78 bits per heavy atom. The largest absolute Gasteiger partial charge is 0.496 e. The molecule has 0 spiro atoms. The molecular weight excluding hydrogens is 757 g/mol. The first-order chi connectivity index (χ1) is 29.1. The van der Waals surface area contributed by atoms with Gasteiger partial charge in [0.1, 0.15) is 34.6 Å². The molecule has 60 heavy (non-hydrogen) atoms. The number of likely N-dealkylation sites (N-methyl/N-ethyl adjacent to an activating group) is 2. The Balaban J connectivity index is 0.000000181. The topological polar surface area (TPSA) is 171 Å². The van der Waals surface area contributed by atoms with Crippen molar-refractivity contribution in [1.82, 2.24) is 40.4 Å². The van der Waals surface area contributed by atoms with Gasteiger partial charge in [-0.25, -0.2) is 19.9 Å². The molecule has 304 valence electrons. The van der Waals surface area contributed by atoms with Crippen LogP contribution in [0.3, 0.4) is 0 Å². The summed E-state index contributed by atoms with van der Waals surface area (Å²) in [4.78, 5) is 49.1. The van der Waals surface area contributed by atoms with E-state index in [9.17, 15) is 9.59 Å². The van der Waals surface area contributed by atoms with Crippen LogP contribution in [0.2, 0.25) is 0 Å². The van der Waals surface area contributed by atoms with Crippen LogP contribution in [0.4, 0.5) is 5.69 Å². The maximum atomic E-state index is 13.0. The lowest BCUT2D eigenvalue weighted by Gasteiger charge is -2.14. The Kier molecular flexibility index (Phi) is 12.4. The summed E-state index contributed by atoms with van der Waals surface area (Å²) in [6, 6.07) is 30.6. The van der Waals surface area contributed by atoms with Crippen molar-refractivity contribution >= 4 is 83.2 Å². The second kappa shape index (κ2) is 18.2. The first-order valence-electron chi connectivity index (χ1n) is 19.4. The fourth-order valence-corrected chi connectivity index (χ4v) is 7.04. The van der Waals surface area contributed by atoms with Gasteiger partial charge in [0.25, 0.3) is 11.8 Å². The first kappa shape index (κ1) is 41.0. The number of hydrogen-bond acceptors (Lipinski definition) is 12. The van der Waals surface area contributed by atoms with Crippen LogP contribution < -0.4 is 25.4 Å². The summed E-state index contributed by atoms with van der Waals surface area (Å²) in [6.07, 6.45) is 0. The predicted octanol–water partition coefficient (Wildman–Crippen LogP) is 6.41. The number of benzene rings is 6. The normalized spacial score (nSPS) is 11.2. The number of carbonyl (C=O) groups excluding carboxylic acids is 2. The molecule has 0 aliphatic carbocycles. The van der Waals surface area contributed by atoms with E-state index in [1.165, 1.54) is 0 Å². The molecule has 8 aromatic rings. The highest BCUT2D eigenvalue weighted by Gasteiger charge is 2.20. The van der Waals surface area contributed by atoms with Crippen molar-refractivity contribution in [2.24, 2.45) is 0 Å². The van der Waals surface area contributed by atoms with Crippen LogP contribution >= 0.6 is 0 Å². The maximum absolute atomic E-state index is 13.0. The number of amides is 2. The van der Waals surface area contributed by atoms with Gasteiger partial charge in [0, 0.05) is 53.4 Å². The van der Waals surface area contributed by atoms with Crippen molar-refractivity contribution in [3.05, 3.63) is 102 Å². The SMILES string of the molecule is CN(C)CCNC(=O)c1cccc2nc3ccc4c(NCC#N)cccc4c3nc12.COc1ccc2nc3ccc4c(OC)cccc4c3nc2c1C(=O)NCCN(C)C. The smallest absolute Gasteiger partial charge is 0.257 e. The zero-order valence-electron chi connectivity index (χ0n) is 34.5. The lowest BCUT2D eigenvalue weighted by Crippen LogP contribution is -2.31. The maximum Gasteiger partial charge on any atom is 0.257 e. The molecular formula is C46H46N10O4. The fraction of sp³-hybridized carbons (Fsp3) is 0.239. The fourth-order valence-electron chi connectivity index (χ4n) is 7.04. The van der Waals surface area contributed by atoms with E-state index in [2.05, 4.69) is 22.0 Å². The minimum atomic E-state index is -0.231.